The number of benzene rings is 1. The molecular weight excluding hydrogens is 269 g/mol. The van der Waals surface area contributed by atoms with Gasteiger partial charge in [0.15, 0.2) is 0 Å². The predicted octanol–water partition coefficient (Wildman–Crippen LogP) is 4.17. The van der Waals surface area contributed by atoms with Crippen LogP contribution in [0.4, 0.5) is 5.69 Å². The summed E-state index contributed by atoms with van der Waals surface area (Å²) in [5, 5.41) is 1.23. The molecular formula is C14H15Cl2NO. The van der Waals surface area contributed by atoms with Gasteiger partial charge in [0.2, 0.25) is 5.91 Å². The normalized spacial score (nSPS) is 21.5. The van der Waals surface area contributed by atoms with Crippen LogP contribution in [0.1, 0.15) is 37.7 Å². The molecule has 1 fully saturated rings. The summed E-state index contributed by atoms with van der Waals surface area (Å²) >= 11 is 12.4. The lowest BCUT2D eigenvalue weighted by Crippen LogP contribution is -2.40. The van der Waals surface area contributed by atoms with Crippen molar-refractivity contribution in [2.75, 3.05) is 11.9 Å². The number of carbonyl (C=O) groups excluding carboxylic acids is 1. The number of likely N-dealkylation sites (N-methyl/N-ethyl adjacent to an activating group) is 1. The van der Waals surface area contributed by atoms with Gasteiger partial charge in [-0.15, -0.1) is 0 Å². The Morgan fingerprint density at radius 2 is 1.83 bits per heavy atom. The van der Waals surface area contributed by atoms with Crippen LogP contribution < -0.4 is 4.90 Å². The van der Waals surface area contributed by atoms with Crippen molar-refractivity contribution in [3.8, 4) is 0 Å². The molecule has 96 valence electrons. The minimum absolute atomic E-state index is 0.182. The van der Waals surface area contributed by atoms with Crippen molar-refractivity contribution in [1.82, 2.24) is 0 Å². The van der Waals surface area contributed by atoms with Crippen molar-refractivity contribution in [2.45, 2.75) is 37.5 Å². The van der Waals surface area contributed by atoms with Crippen molar-refractivity contribution in [2.24, 2.45) is 0 Å². The molecule has 1 aliphatic heterocycles. The first-order valence-electron chi connectivity index (χ1n) is 6.34. The monoisotopic (exact) mass is 283 g/mol. The van der Waals surface area contributed by atoms with Gasteiger partial charge in [-0.3, -0.25) is 4.79 Å². The molecule has 0 saturated heterocycles. The van der Waals surface area contributed by atoms with Crippen LogP contribution >= 0.6 is 23.2 Å². The van der Waals surface area contributed by atoms with Crippen LogP contribution in [0.5, 0.6) is 0 Å². The van der Waals surface area contributed by atoms with Crippen molar-refractivity contribution in [1.29, 1.82) is 0 Å². The molecule has 4 heteroatoms. The Morgan fingerprint density at radius 1 is 1.17 bits per heavy atom. The number of carbonyl (C=O) groups is 1. The highest BCUT2D eigenvalue weighted by Crippen LogP contribution is 2.52. The number of halogens is 2. The smallest absolute Gasteiger partial charge is 0.237 e. The molecule has 2 aliphatic rings. The maximum atomic E-state index is 12.6. The zero-order chi connectivity index (χ0) is 12.9. The van der Waals surface area contributed by atoms with Gasteiger partial charge in [-0.2, -0.15) is 0 Å². The average molecular weight is 284 g/mol. The van der Waals surface area contributed by atoms with E-state index in [0.717, 1.165) is 36.9 Å². The quantitative estimate of drug-likeness (QED) is 0.700. The molecule has 1 aromatic rings. The lowest BCUT2D eigenvalue weighted by atomic mass is 9.70. The average Bonchev–Trinajstić information content (AvgIpc) is 2.54. The van der Waals surface area contributed by atoms with Gasteiger partial charge >= 0.3 is 0 Å². The Bertz CT molecular complexity index is 521. The van der Waals surface area contributed by atoms with E-state index in [1.165, 1.54) is 6.42 Å². The van der Waals surface area contributed by atoms with Gasteiger partial charge in [-0.1, -0.05) is 42.5 Å². The number of nitrogens with zero attached hydrogens (tertiary/aromatic N) is 1. The molecule has 1 aliphatic carbocycles. The second-order valence-corrected chi connectivity index (χ2v) is 6.13. The molecule has 0 aromatic heterocycles. The molecule has 1 spiro atoms. The molecule has 1 aromatic carbocycles. The molecule has 1 heterocycles. The Hall–Kier alpha value is -0.730. The Balaban J connectivity index is 2.23. The molecule has 0 radical (unpaired) electrons. The summed E-state index contributed by atoms with van der Waals surface area (Å²) < 4.78 is 0. The lowest BCUT2D eigenvalue weighted by Gasteiger charge is -2.32. The molecule has 3 rings (SSSR count). The summed E-state index contributed by atoms with van der Waals surface area (Å²) in [6.45, 7) is 0. The first-order valence-corrected chi connectivity index (χ1v) is 7.09. The number of fused-ring (bicyclic) bond motifs is 2. The second-order valence-electron chi connectivity index (χ2n) is 5.29. The molecule has 1 amide bonds. The van der Waals surface area contributed by atoms with E-state index in [0.29, 0.717) is 10.0 Å². The van der Waals surface area contributed by atoms with E-state index in [4.69, 9.17) is 23.2 Å². The van der Waals surface area contributed by atoms with Crippen LogP contribution in [0, 0.1) is 0 Å². The van der Waals surface area contributed by atoms with Crippen molar-refractivity contribution < 1.29 is 4.79 Å². The van der Waals surface area contributed by atoms with E-state index >= 15 is 0 Å². The molecule has 0 N–H and O–H groups in total. The van der Waals surface area contributed by atoms with Crippen LogP contribution in [0.15, 0.2) is 12.1 Å². The van der Waals surface area contributed by atoms with Crippen molar-refractivity contribution >= 4 is 34.8 Å². The highest BCUT2D eigenvalue weighted by atomic mass is 35.5. The van der Waals surface area contributed by atoms with Gasteiger partial charge in [0.1, 0.15) is 0 Å². The van der Waals surface area contributed by atoms with Crippen LogP contribution in [0.25, 0.3) is 0 Å². The molecule has 2 nitrogen and oxygen atoms in total. The zero-order valence-electron chi connectivity index (χ0n) is 10.3. The van der Waals surface area contributed by atoms with Crippen LogP contribution in [-0.2, 0) is 10.2 Å². The fraction of sp³-hybridized carbons (Fsp3) is 0.500. The summed E-state index contributed by atoms with van der Waals surface area (Å²) in [7, 11) is 1.82. The number of hydrogen-bond donors (Lipinski definition) is 0. The highest BCUT2D eigenvalue weighted by molar-refractivity contribution is 6.36. The van der Waals surface area contributed by atoms with Gasteiger partial charge < -0.3 is 4.90 Å². The Labute approximate surface area is 117 Å². The molecule has 1 saturated carbocycles. The predicted molar refractivity (Wildman–Crippen MR) is 74.6 cm³/mol. The van der Waals surface area contributed by atoms with Crippen LogP contribution in [-0.4, -0.2) is 13.0 Å². The van der Waals surface area contributed by atoms with Gasteiger partial charge in [0.25, 0.3) is 0 Å². The third-order valence-corrected chi connectivity index (χ3v) is 4.81. The Morgan fingerprint density at radius 3 is 2.50 bits per heavy atom. The molecule has 0 bridgehead atoms. The fourth-order valence-corrected chi connectivity index (χ4v) is 4.12. The van der Waals surface area contributed by atoms with Gasteiger partial charge in [-0.25, -0.2) is 0 Å². The highest BCUT2D eigenvalue weighted by Gasteiger charge is 2.51. The van der Waals surface area contributed by atoms with E-state index in [1.54, 1.807) is 11.0 Å². The largest absolute Gasteiger partial charge is 0.314 e. The maximum absolute atomic E-state index is 12.6. The van der Waals surface area contributed by atoms with Gasteiger partial charge in [-0.05, 0) is 25.0 Å². The van der Waals surface area contributed by atoms with Crippen LogP contribution in [0.2, 0.25) is 10.0 Å². The molecule has 0 atom stereocenters. The summed E-state index contributed by atoms with van der Waals surface area (Å²) in [6, 6.07) is 3.61. The Kier molecular flexibility index (Phi) is 2.83. The number of rotatable bonds is 0. The maximum Gasteiger partial charge on any atom is 0.237 e. The number of hydrogen-bond acceptors (Lipinski definition) is 1. The standard InChI is InChI=1S/C14H15Cl2NO/c1-17-11-8-9(15)7-10(16)12(11)14(13(17)18)5-3-2-4-6-14/h7-8H,2-6H2,1H3. The van der Waals surface area contributed by atoms with Crippen molar-refractivity contribution in [3.05, 3.63) is 27.7 Å². The first-order chi connectivity index (χ1) is 8.56. The minimum atomic E-state index is -0.385. The van der Waals surface area contributed by atoms with Crippen LogP contribution in [0.3, 0.4) is 0 Å². The number of anilines is 1. The van der Waals surface area contributed by atoms with Gasteiger partial charge in [0, 0.05) is 22.7 Å². The summed E-state index contributed by atoms with van der Waals surface area (Å²) in [4.78, 5) is 14.3. The third-order valence-electron chi connectivity index (χ3n) is 4.30. The summed E-state index contributed by atoms with van der Waals surface area (Å²) in [6.07, 6.45) is 5.21. The minimum Gasteiger partial charge on any atom is -0.314 e. The molecule has 18 heavy (non-hydrogen) atoms. The zero-order valence-corrected chi connectivity index (χ0v) is 11.8. The second kappa shape index (κ2) is 4.14. The molecule has 0 unspecified atom stereocenters. The number of amides is 1. The van der Waals surface area contributed by atoms with E-state index in [1.807, 2.05) is 13.1 Å². The first kappa shape index (κ1) is 12.3. The van der Waals surface area contributed by atoms with E-state index in [2.05, 4.69) is 0 Å². The van der Waals surface area contributed by atoms with E-state index < -0.39 is 0 Å². The topological polar surface area (TPSA) is 20.3 Å². The van der Waals surface area contributed by atoms with Gasteiger partial charge in [0.05, 0.1) is 11.1 Å². The van der Waals surface area contributed by atoms with Crippen molar-refractivity contribution in [3.63, 3.8) is 0 Å². The summed E-state index contributed by atoms with van der Waals surface area (Å²) in [5.41, 5.74) is 1.50. The van der Waals surface area contributed by atoms with E-state index in [9.17, 15) is 4.79 Å². The third kappa shape index (κ3) is 1.52. The SMILES string of the molecule is CN1C(=O)C2(CCCCC2)c2c(Cl)cc(Cl)cc21. The van der Waals surface area contributed by atoms with E-state index in [-0.39, 0.29) is 11.3 Å². The summed E-state index contributed by atoms with van der Waals surface area (Å²) in [5.74, 6) is 0.182. The lowest BCUT2D eigenvalue weighted by molar-refractivity contribution is -0.124. The fourth-order valence-electron chi connectivity index (χ4n) is 3.45.